The number of aryl methyl sites for hydroxylation is 1. The van der Waals surface area contributed by atoms with Crippen LogP contribution in [0.4, 0.5) is 24.5 Å². The Morgan fingerprint density at radius 2 is 1.65 bits per heavy atom. The predicted molar refractivity (Wildman–Crippen MR) is 120 cm³/mol. The van der Waals surface area contributed by atoms with Crippen LogP contribution in [0.5, 0.6) is 0 Å². The molecule has 3 N–H and O–H groups in total. The Hall–Kier alpha value is -2.21. The lowest BCUT2D eigenvalue weighted by molar-refractivity contribution is -0.138. The molecule has 0 aromatic heterocycles. The molecule has 1 heterocycles. The first-order valence-corrected chi connectivity index (χ1v) is 11.4. The number of hydrogen-bond donors (Lipinski definition) is 3. The van der Waals surface area contributed by atoms with E-state index in [0.29, 0.717) is 24.2 Å². The van der Waals surface area contributed by atoms with E-state index >= 15 is 0 Å². The van der Waals surface area contributed by atoms with Crippen molar-refractivity contribution >= 4 is 11.4 Å². The van der Waals surface area contributed by atoms with Crippen LogP contribution in [-0.4, -0.2) is 19.1 Å². The van der Waals surface area contributed by atoms with Gasteiger partial charge in [-0.25, -0.2) is 0 Å². The molecule has 0 bridgehead atoms. The second-order valence-corrected chi connectivity index (χ2v) is 8.99. The third kappa shape index (κ3) is 5.53. The summed E-state index contributed by atoms with van der Waals surface area (Å²) in [6, 6.07) is 14.0. The Bertz CT molecular complexity index is 857. The normalized spacial score (nSPS) is 22.5. The molecule has 4 rings (SSSR count). The van der Waals surface area contributed by atoms with Crippen molar-refractivity contribution < 1.29 is 13.2 Å². The molecule has 2 atom stereocenters. The number of alkyl halides is 3. The van der Waals surface area contributed by atoms with Gasteiger partial charge in [0.1, 0.15) is 0 Å². The first-order chi connectivity index (χ1) is 14.9. The molecule has 0 spiro atoms. The highest BCUT2D eigenvalue weighted by Gasteiger charge is 2.32. The van der Waals surface area contributed by atoms with Crippen molar-refractivity contribution in [2.24, 2.45) is 5.92 Å². The molecule has 3 nitrogen and oxygen atoms in total. The van der Waals surface area contributed by atoms with Gasteiger partial charge in [0, 0.05) is 30.0 Å². The summed E-state index contributed by atoms with van der Waals surface area (Å²) in [5, 5.41) is 10.5. The average molecular weight is 432 g/mol. The van der Waals surface area contributed by atoms with Crippen molar-refractivity contribution in [3.05, 3.63) is 59.2 Å². The third-order valence-corrected chi connectivity index (χ3v) is 6.69. The molecule has 1 aliphatic heterocycles. The van der Waals surface area contributed by atoms with Gasteiger partial charge in [-0.2, -0.15) is 13.2 Å². The number of rotatable bonds is 6. The van der Waals surface area contributed by atoms with E-state index in [1.807, 2.05) is 0 Å². The van der Waals surface area contributed by atoms with E-state index in [9.17, 15) is 13.2 Å². The van der Waals surface area contributed by atoms with E-state index in [1.54, 1.807) is 6.07 Å². The van der Waals surface area contributed by atoms with Crippen LogP contribution in [0.15, 0.2) is 42.5 Å². The molecule has 168 valence electrons. The van der Waals surface area contributed by atoms with E-state index < -0.39 is 11.7 Å². The van der Waals surface area contributed by atoms with Crippen LogP contribution in [-0.2, 0) is 6.18 Å². The zero-order valence-corrected chi connectivity index (χ0v) is 18.1. The lowest BCUT2D eigenvalue weighted by Gasteiger charge is -2.33. The fourth-order valence-corrected chi connectivity index (χ4v) is 4.94. The fourth-order valence-electron chi connectivity index (χ4n) is 4.94. The third-order valence-electron chi connectivity index (χ3n) is 6.69. The highest BCUT2D eigenvalue weighted by molar-refractivity contribution is 5.50. The molecular weight excluding hydrogens is 399 g/mol. The Labute approximate surface area is 182 Å². The van der Waals surface area contributed by atoms with Gasteiger partial charge < -0.3 is 16.0 Å². The summed E-state index contributed by atoms with van der Waals surface area (Å²) in [5.41, 5.74) is 2.62. The Balaban J connectivity index is 1.41. The van der Waals surface area contributed by atoms with Gasteiger partial charge in [0.15, 0.2) is 0 Å². The molecule has 2 aromatic carbocycles. The van der Waals surface area contributed by atoms with Crippen LogP contribution >= 0.6 is 0 Å². The minimum atomic E-state index is -4.33. The minimum absolute atomic E-state index is 0.203. The molecule has 1 aliphatic carbocycles. The first kappa shape index (κ1) is 22.0. The van der Waals surface area contributed by atoms with Crippen molar-refractivity contribution in [1.82, 2.24) is 5.32 Å². The van der Waals surface area contributed by atoms with E-state index in [4.69, 9.17) is 0 Å². The molecule has 2 aromatic rings. The number of anilines is 2. The van der Waals surface area contributed by atoms with Crippen LogP contribution in [0, 0.1) is 12.8 Å². The number of hydrogen-bond acceptors (Lipinski definition) is 3. The molecule has 1 saturated heterocycles. The minimum Gasteiger partial charge on any atom is -0.385 e. The fraction of sp³-hybridized carbons (Fsp3) is 0.520. The molecule has 2 fully saturated rings. The second kappa shape index (κ2) is 9.51. The summed E-state index contributed by atoms with van der Waals surface area (Å²) in [4.78, 5) is 0. The molecular formula is C25H32F3N3. The van der Waals surface area contributed by atoms with Gasteiger partial charge in [-0.15, -0.1) is 0 Å². The zero-order chi connectivity index (χ0) is 21.8. The number of nitrogens with one attached hydrogen (secondary N) is 3. The highest BCUT2D eigenvalue weighted by Crippen LogP contribution is 2.35. The molecule has 6 heteroatoms. The molecule has 0 unspecified atom stereocenters. The van der Waals surface area contributed by atoms with Crippen LogP contribution in [0.3, 0.4) is 0 Å². The van der Waals surface area contributed by atoms with Gasteiger partial charge in [0.2, 0.25) is 0 Å². The molecule has 0 radical (unpaired) electrons. The summed E-state index contributed by atoms with van der Waals surface area (Å²) in [7, 11) is 0. The van der Waals surface area contributed by atoms with Crippen molar-refractivity contribution in [1.29, 1.82) is 0 Å². The van der Waals surface area contributed by atoms with Crippen molar-refractivity contribution in [2.75, 3.05) is 23.7 Å². The topological polar surface area (TPSA) is 36.1 Å². The van der Waals surface area contributed by atoms with Gasteiger partial charge in [0.05, 0.1) is 5.56 Å². The number of benzene rings is 2. The smallest absolute Gasteiger partial charge is 0.385 e. The predicted octanol–water partition coefficient (Wildman–Crippen LogP) is 6.52. The highest BCUT2D eigenvalue weighted by atomic mass is 19.4. The van der Waals surface area contributed by atoms with Crippen molar-refractivity contribution in [3.8, 4) is 0 Å². The Morgan fingerprint density at radius 3 is 2.35 bits per heavy atom. The molecule has 2 aliphatic rings. The van der Waals surface area contributed by atoms with Gasteiger partial charge in [-0.3, -0.25) is 0 Å². The van der Waals surface area contributed by atoms with Crippen LogP contribution in [0.2, 0.25) is 0 Å². The average Bonchev–Trinajstić information content (AvgIpc) is 3.26. The second-order valence-electron chi connectivity index (χ2n) is 8.99. The Kier molecular flexibility index (Phi) is 6.75. The van der Waals surface area contributed by atoms with E-state index in [0.717, 1.165) is 19.4 Å². The SMILES string of the molecule is Cc1ccc(NC[C@H]2CCCN[C@H]2c2ccc(NC3CCCC3)cc2)cc1C(F)(F)F. The standard InChI is InChI=1S/C25H32F3N3/c1-17-8-11-22(15-23(17)25(26,27)28)30-16-19-5-4-14-29-24(19)18-9-12-21(13-10-18)31-20-6-2-3-7-20/h8-13,15,19-20,24,29-31H,2-7,14,16H2,1H3/t19-,24+/m1/s1. The van der Waals surface area contributed by atoms with Crippen LogP contribution in [0.25, 0.3) is 0 Å². The number of piperidine rings is 1. The quantitative estimate of drug-likeness (QED) is 0.487. The largest absolute Gasteiger partial charge is 0.416 e. The summed E-state index contributed by atoms with van der Waals surface area (Å²) >= 11 is 0. The van der Waals surface area contributed by atoms with Gasteiger partial charge in [0.25, 0.3) is 0 Å². The summed E-state index contributed by atoms with van der Waals surface area (Å²) in [6.45, 7) is 3.10. The molecule has 31 heavy (non-hydrogen) atoms. The molecule has 1 saturated carbocycles. The Morgan fingerprint density at radius 1 is 0.935 bits per heavy atom. The zero-order valence-electron chi connectivity index (χ0n) is 18.1. The molecule has 0 amide bonds. The maximum atomic E-state index is 13.2. The lowest BCUT2D eigenvalue weighted by Crippen LogP contribution is -2.37. The number of halogens is 3. The summed E-state index contributed by atoms with van der Waals surface area (Å²) < 4.78 is 39.7. The monoisotopic (exact) mass is 431 g/mol. The van der Waals surface area contributed by atoms with E-state index in [-0.39, 0.29) is 11.6 Å². The van der Waals surface area contributed by atoms with Gasteiger partial charge in [-0.1, -0.05) is 31.0 Å². The van der Waals surface area contributed by atoms with Crippen molar-refractivity contribution in [2.45, 2.75) is 63.7 Å². The van der Waals surface area contributed by atoms with Crippen LogP contribution in [0.1, 0.15) is 61.3 Å². The van der Waals surface area contributed by atoms with Gasteiger partial charge >= 0.3 is 6.18 Å². The lowest BCUT2D eigenvalue weighted by atomic mass is 9.86. The maximum Gasteiger partial charge on any atom is 0.416 e. The first-order valence-electron chi connectivity index (χ1n) is 11.4. The summed E-state index contributed by atoms with van der Waals surface area (Å²) in [6.07, 6.45) is 2.90. The van der Waals surface area contributed by atoms with E-state index in [2.05, 4.69) is 40.2 Å². The van der Waals surface area contributed by atoms with E-state index in [1.165, 1.54) is 56.0 Å². The van der Waals surface area contributed by atoms with Crippen LogP contribution < -0.4 is 16.0 Å². The maximum absolute atomic E-state index is 13.2. The van der Waals surface area contributed by atoms with Gasteiger partial charge in [-0.05, 0) is 80.5 Å². The van der Waals surface area contributed by atoms with Crippen molar-refractivity contribution in [3.63, 3.8) is 0 Å². The summed E-state index contributed by atoms with van der Waals surface area (Å²) in [5.74, 6) is 0.318.